The Labute approximate surface area is 255 Å². The molecule has 0 bridgehead atoms. The average Bonchev–Trinajstić information content (AvgIpc) is 3.63. The van der Waals surface area contributed by atoms with Gasteiger partial charge in [-0.1, -0.05) is 66.4 Å². The summed E-state index contributed by atoms with van der Waals surface area (Å²) in [4.78, 5) is 13.4. The fraction of sp³-hybridized carbons (Fsp3) is 0.0294. The van der Waals surface area contributed by atoms with Crippen LogP contribution >= 0.6 is 0 Å². The summed E-state index contributed by atoms with van der Waals surface area (Å²) in [6, 6.07) is 40.2. The maximum Gasteiger partial charge on any atom is 0.210 e. The van der Waals surface area contributed by atoms with E-state index >= 15 is 0 Å². The number of hydrogen-bond donors (Lipinski definition) is 0. The molecule has 42 heavy (non-hydrogen) atoms. The Morgan fingerprint density at radius 2 is 1.62 bits per heavy atom. The molecular formula is C34H22IrN6O-2. The fourth-order valence-corrected chi connectivity index (χ4v) is 4.91. The molecule has 0 amide bonds. The predicted molar refractivity (Wildman–Crippen MR) is 159 cm³/mol. The van der Waals surface area contributed by atoms with Gasteiger partial charge in [0, 0.05) is 37.4 Å². The molecule has 0 aliphatic carbocycles. The van der Waals surface area contributed by atoms with Crippen molar-refractivity contribution in [1.29, 1.82) is 0 Å². The van der Waals surface area contributed by atoms with Gasteiger partial charge in [-0.3, -0.25) is 4.98 Å². The Bertz CT molecular complexity index is 2070. The first kappa shape index (κ1) is 27.1. The number of pyridine rings is 1. The van der Waals surface area contributed by atoms with Gasteiger partial charge in [0.25, 0.3) is 0 Å². The summed E-state index contributed by atoms with van der Waals surface area (Å²) in [6.07, 6.45) is 3.22. The molecular weight excluding hydrogens is 701 g/mol. The van der Waals surface area contributed by atoms with Gasteiger partial charge in [-0.2, -0.15) is 0 Å². The van der Waals surface area contributed by atoms with E-state index < -0.39 is 0 Å². The first-order valence-electron chi connectivity index (χ1n) is 13.1. The van der Waals surface area contributed by atoms with Crippen molar-refractivity contribution in [2.24, 2.45) is 0 Å². The minimum atomic E-state index is 0. The molecule has 4 aromatic heterocycles. The van der Waals surface area contributed by atoms with Crippen LogP contribution in [0.2, 0.25) is 0 Å². The minimum absolute atomic E-state index is 0. The van der Waals surface area contributed by atoms with E-state index in [1.807, 2.05) is 102 Å². The van der Waals surface area contributed by atoms with Crippen LogP contribution in [0.3, 0.4) is 0 Å². The third kappa shape index (κ3) is 4.98. The molecule has 4 heterocycles. The van der Waals surface area contributed by atoms with E-state index in [2.05, 4.69) is 45.3 Å². The Kier molecular flexibility index (Phi) is 7.64. The van der Waals surface area contributed by atoms with E-state index in [9.17, 15) is 0 Å². The molecule has 1 radical (unpaired) electrons. The number of aromatic nitrogens is 6. The van der Waals surface area contributed by atoms with Gasteiger partial charge in [0.2, 0.25) is 5.65 Å². The zero-order valence-electron chi connectivity index (χ0n) is 22.4. The van der Waals surface area contributed by atoms with Gasteiger partial charge in [-0.05, 0) is 30.0 Å². The average molecular weight is 723 g/mol. The van der Waals surface area contributed by atoms with Crippen molar-refractivity contribution >= 4 is 33.2 Å². The molecule has 0 spiro atoms. The zero-order chi connectivity index (χ0) is 27.6. The fourth-order valence-electron chi connectivity index (χ4n) is 4.91. The first-order valence-corrected chi connectivity index (χ1v) is 13.1. The second-order valence-corrected chi connectivity index (χ2v) is 9.35. The molecule has 8 aromatic rings. The second-order valence-electron chi connectivity index (χ2n) is 9.35. The molecule has 7 nitrogen and oxygen atoms in total. The Balaban J connectivity index is 0.000000205. The first-order chi connectivity index (χ1) is 20.3. The quantitative estimate of drug-likeness (QED) is 0.177. The van der Waals surface area contributed by atoms with E-state index in [1.54, 1.807) is 6.20 Å². The molecule has 0 unspecified atom stereocenters. The molecule has 0 aliphatic heterocycles. The van der Waals surface area contributed by atoms with Crippen LogP contribution in [-0.4, -0.2) is 29.7 Å². The summed E-state index contributed by atoms with van der Waals surface area (Å²) in [5.41, 5.74) is 7.53. The number of para-hydroxylation sites is 2. The zero-order valence-corrected chi connectivity index (χ0v) is 24.8. The number of rotatable bonds is 3. The van der Waals surface area contributed by atoms with E-state index in [1.165, 1.54) is 6.33 Å². The van der Waals surface area contributed by atoms with E-state index in [0.29, 0.717) is 17.1 Å². The maximum absolute atomic E-state index is 6.26. The Morgan fingerprint density at radius 3 is 2.43 bits per heavy atom. The van der Waals surface area contributed by atoms with Gasteiger partial charge >= 0.3 is 0 Å². The number of benzene rings is 4. The monoisotopic (exact) mass is 723 g/mol. The van der Waals surface area contributed by atoms with Crippen molar-refractivity contribution in [3.63, 3.8) is 0 Å². The number of hydrogen-bond acceptors (Lipinski definition) is 6. The SMILES string of the molecule is Cc1c[c-]c(-c2nc3nncnc3n2-c2ccccc2)c2oc3ccccc3c12.[Ir].[c-]1ccccc1-c1ccccn1. The number of nitrogens with zero attached hydrogens (tertiary/aromatic N) is 6. The van der Waals surface area contributed by atoms with Crippen molar-refractivity contribution in [1.82, 2.24) is 29.7 Å². The summed E-state index contributed by atoms with van der Waals surface area (Å²) >= 11 is 0. The van der Waals surface area contributed by atoms with Crippen LogP contribution in [0.1, 0.15) is 5.56 Å². The van der Waals surface area contributed by atoms with Gasteiger partial charge < -0.3 is 14.0 Å². The molecule has 0 aliphatic rings. The summed E-state index contributed by atoms with van der Waals surface area (Å²) in [5.74, 6) is 0.670. The molecule has 4 aromatic carbocycles. The normalized spacial score (nSPS) is 10.8. The second kappa shape index (κ2) is 11.8. The van der Waals surface area contributed by atoms with E-state index in [4.69, 9.17) is 9.40 Å². The van der Waals surface area contributed by atoms with Crippen LogP contribution in [0.15, 0.2) is 120 Å². The predicted octanol–water partition coefficient (Wildman–Crippen LogP) is 7.43. The van der Waals surface area contributed by atoms with Gasteiger partial charge in [-0.15, -0.1) is 63.8 Å². The third-order valence-electron chi connectivity index (χ3n) is 6.76. The summed E-state index contributed by atoms with van der Waals surface area (Å²) < 4.78 is 8.23. The van der Waals surface area contributed by atoms with Crippen molar-refractivity contribution in [2.45, 2.75) is 6.92 Å². The van der Waals surface area contributed by atoms with Gasteiger partial charge in [0.1, 0.15) is 11.9 Å². The smallest absolute Gasteiger partial charge is 0.210 e. The largest absolute Gasteiger partial charge is 0.501 e. The Morgan fingerprint density at radius 1 is 0.810 bits per heavy atom. The minimum Gasteiger partial charge on any atom is -0.501 e. The maximum atomic E-state index is 6.26. The number of fused-ring (bicyclic) bond motifs is 4. The number of imidazole rings is 1. The molecule has 8 heteroatoms. The van der Waals surface area contributed by atoms with Crippen LogP contribution in [0.4, 0.5) is 0 Å². The molecule has 8 rings (SSSR count). The molecule has 205 valence electrons. The molecule has 0 atom stereocenters. The van der Waals surface area contributed by atoms with Gasteiger partial charge in [0.05, 0.1) is 11.4 Å². The van der Waals surface area contributed by atoms with Crippen molar-refractivity contribution < 1.29 is 24.5 Å². The van der Waals surface area contributed by atoms with Crippen LogP contribution in [0.5, 0.6) is 0 Å². The van der Waals surface area contributed by atoms with E-state index in [0.717, 1.165) is 50.0 Å². The van der Waals surface area contributed by atoms with Gasteiger partial charge in [-0.25, -0.2) is 4.98 Å². The van der Waals surface area contributed by atoms with Crippen molar-refractivity contribution in [3.8, 4) is 28.3 Å². The summed E-state index contributed by atoms with van der Waals surface area (Å²) in [6.45, 7) is 2.07. The molecule has 0 saturated heterocycles. The van der Waals surface area contributed by atoms with Crippen LogP contribution in [-0.2, 0) is 20.1 Å². The summed E-state index contributed by atoms with van der Waals surface area (Å²) in [5, 5.41) is 10.2. The topological polar surface area (TPSA) is 82.5 Å². The molecule has 0 fully saturated rings. The van der Waals surface area contributed by atoms with Gasteiger partial charge in [0.15, 0.2) is 5.65 Å². The van der Waals surface area contributed by atoms with E-state index in [-0.39, 0.29) is 20.1 Å². The molecule has 0 N–H and O–H groups in total. The number of furan rings is 1. The van der Waals surface area contributed by atoms with Crippen LogP contribution < -0.4 is 0 Å². The molecule has 0 saturated carbocycles. The number of aryl methyl sites for hydroxylation is 1. The van der Waals surface area contributed by atoms with Crippen molar-refractivity contribution in [3.05, 3.63) is 133 Å². The summed E-state index contributed by atoms with van der Waals surface area (Å²) in [7, 11) is 0. The Hall–Kier alpha value is -5.04. The third-order valence-corrected chi connectivity index (χ3v) is 6.76. The van der Waals surface area contributed by atoms with Crippen LogP contribution in [0.25, 0.3) is 61.6 Å². The standard InChI is InChI=1S/C23H14N5O.C11H8N.Ir/c1-14-11-12-17(20-19(14)16-9-5-6-10-18(16)29-20)22-26-21-23(24-13-25-27-21)28(22)15-7-3-2-4-8-15;1-2-6-10(7-3-1)11-8-4-5-9-12-11;/h2-11,13H,1H3;1-6,8-9H;/q2*-1;. The van der Waals surface area contributed by atoms with Crippen molar-refractivity contribution in [2.75, 3.05) is 0 Å². The van der Waals surface area contributed by atoms with Crippen LogP contribution in [0, 0.1) is 19.1 Å².